The number of likely N-dealkylation sites (N-methyl/N-ethyl adjacent to an activating group) is 1. The van der Waals surface area contributed by atoms with Gasteiger partial charge in [-0.05, 0) is 57.5 Å². The first-order chi connectivity index (χ1) is 11.6. The average molecular weight is 331 g/mol. The standard InChI is InChI=1S/C18H25N3O3/c1-20-9-3-7-15(20)16-8-4-10-21(16)17(22)12-24-14-6-2-5-13(11-14)18(19)23/h2,5-6,11,15-16H,3-4,7-10,12H2,1H3,(H2,19,23)/t15-,16-/m1/s1. The van der Waals surface area contributed by atoms with Crippen LogP contribution in [0.25, 0.3) is 0 Å². The summed E-state index contributed by atoms with van der Waals surface area (Å²) >= 11 is 0. The molecule has 6 nitrogen and oxygen atoms in total. The Labute approximate surface area is 142 Å². The number of primary amides is 1. The number of hydrogen-bond acceptors (Lipinski definition) is 4. The Bertz CT molecular complexity index is 619. The van der Waals surface area contributed by atoms with Gasteiger partial charge in [0, 0.05) is 24.2 Å². The molecule has 1 aromatic rings. The summed E-state index contributed by atoms with van der Waals surface area (Å²) in [5, 5.41) is 0. The molecule has 2 amide bonds. The van der Waals surface area contributed by atoms with Gasteiger partial charge in [-0.3, -0.25) is 9.59 Å². The second-order valence-electron chi connectivity index (χ2n) is 6.67. The maximum absolute atomic E-state index is 12.6. The molecule has 0 unspecified atom stereocenters. The highest BCUT2D eigenvalue weighted by atomic mass is 16.5. The number of nitrogens with two attached hydrogens (primary N) is 1. The van der Waals surface area contributed by atoms with Gasteiger partial charge < -0.3 is 20.3 Å². The highest BCUT2D eigenvalue weighted by molar-refractivity contribution is 5.93. The minimum atomic E-state index is -0.504. The molecule has 2 fully saturated rings. The quantitative estimate of drug-likeness (QED) is 0.881. The minimum absolute atomic E-state index is 0.00481. The van der Waals surface area contributed by atoms with Gasteiger partial charge in [-0.2, -0.15) is 0 Å². The molecule has 2 aliphatic rings. The van der Waals surface area contributed by atoms with Crippen LogP contribution in [0.3, 0.4) is 0 Å². The lowest BCUT2D eigenvalue weighted by Gasteiger charge is -2.33. The third kappa shape index (κ3) is 3.53. The number of ether oxygens (including phenoxy) is 1. The lowest BCUT2D eigenvalue weighted by atomic mass is 10.0. The largest absolute Gasteiger partial charge is 0.484 e. The van der Waals surface area contributed by atoms with Crippen LogP contribution in [0.4, 0.5) is 0 Å². The summed E-state index contributed by atoms with van der Waals surface area (Å²) in [4.78, 5) is 28.2. The van der Waals surface area contributed by atoms with Crippen LogP contribution < -0.4 is 10.5 Å². The number of hydrogen-bond donors (Lipinski definition) is 1. The van der Waals surface area contributed by atoms with Gasteiger partial charge in [0.25, 0.3) is 5.91 Å². The van der Waals surface area contributed by atoms with Crippen molar-refractivity contribution in [1.29, 1.82) is 0 Å². The Morgan fingerprint density at radius 2 is 1.96 bits per heavy atom. The van der Waals surface area contributed by atoms with E-state index in [-0.39, 0.29) is 12.5 Å². The fourth-order valence-corrected chi connectivity index (χ4v) is 3.89. The van der Waals surface area contributed by atoms with E-state index in [9.17, 15) is 9.59 Å². The van der Waals surface area contributed by atoms with Gasteiger partial charge in [-0.15, -0.1) is 0 Å². The van der Waals surface area contributed by atoms with E-state index < -0.39 is 5.91 Å². The second-order valence-corrected chi connectivity index (χ2v) is 6.67. The van der Waals surface area contributed by atoms with Crippen molar-refractivity contribution in [3.05, 3.63) is 29.8 Å². The summed E-state index contributed by atoms with van der Waals surface area (Å²) in [5.74, 6) is 0.00585. The number of amides is 2. The molecule has 2 aliphatic heterocycles. The highest BCUT2D eigenvalue weighted by Gasteiger charge is 2.38. The topological polar surface area (TPSA) is 75.9 Å². The van der Waals surface area contributed by atoms with Crippen LogP contribution in [0.2, 0.25) is 0 Å². The van der Waals surface area contributed by atoms with Gasteiger partial charge in [-0.1, -0.05) is 6.07 Å². The van der Waals surface area contributed by atoms with Crippen molar-refractivity contribution in [3.8, 4) is 5.75 Å². The first-order valence-electron chi connectivity index (χ1n) is 8.58. The number of nitrogens with zero attached hydrogens (tertiary/aromatic N) is 2. The van der Waals surface area contributed by atoms with Crippen LogP contribution >= 0.6 is 0 Å². The zero-order chi connectivity index (χ0) is 17.1. The van der Waals surface area contributed by atoms with Gasteiger partial charge in [-0.25, -0.2) is 0 Å². The van der Waals surface area contributed by atoms with Crippen LogP contribution in [0.5, 0.6) is 5.75 Å². The summed E-state index contributed by atoms with van der Waals surface area (Å²) in [6, 6.07) is 7.39. The summed E-state index contributed by atoms with van der Waals surface area (Å²) in [7, 11) is 2.14. The Balaban J connectivity index is 1.60. The van der Waals surface area contributed by atoms with Gasteiger partial charge in [0.05, 0.1) is 0 Å². The number of carbonyl (C=O) groups is 2. The predicted molar refractivity (Wildman–Crippen MR) is 90.8 cm³/mol. The normalized spacial score (nSPS) is 24.3. The molecule has 0 radical (unpaired) electrons. The lowest BCUT2D eigenvalue weighted by Crippen LogP contribution is -2.48. The van der Waals surface area contributed by atoms with Crippen molar-refractivity contribution >= 4 is 11.8 Å². The van der Waals surface area contributed by atoms with E-state index in [1.54, 1.807) is 24.3 Å². The maximum Gasteiger partial charge on any atom is 0.260 e. The molecule has 2 saturated heterocycles. The first-order valence-corrected chi connectivity index (χ1v) is 8.58. The van der Waals surface area contributed by atoms with Gasteiger partial charge in [0.15, 0.2) is 6.61 Å². The van der Waals surface area contributed by atoms with E-state index in [1.807, 2.05) is 4.90 Å². The Hall–Kier alpha value is -2.08. The summed E-state index contributed by atoms with van der Waals surface area (Å²) in [6.07, 6.45) is 4.48. The van der Waals surface area contributed by atoms with Crippen molar-refractivity contribution in [2.24, 2.45) is 5.73 Å². The fraction of sp³-hybridized carbons (Fsp3) is 0.556. The lowest BCUT2D eigenvalue weighted by molar-refractivity contribution is -0.135. The average Bonchev–Trinajstić information content (AvgIpc) is 3.21. The predicted octanol–water partition coefficient (Wildman–Crippen LogP) is 1.25. The Morgan fingerprint density at radius 1 is 1.21 bits per heavy atom. The van der Waals surface area contributed by atoms with Crippen molar-refractivity contribution in [3.63, 3.8) is 0 Å². The molecule has 0 aliphatic carbocycles. The fourth-order valence-electron chi connectivity index (χ4n) is 3.89. The zero-order valence-electron chi connectivity index (χ0n) is 14.1. The monoisotopic (exact) mass is 331 g/mol. The molecule has 3 rings (SSSR count). The molecular formula is C18H25N3O3. The molecule has 0 aromatic heterocycles. The molecule has 24 heavy (non-hydrogen) atoms. The first kappa shape index (κ1) is 16.8. The van der Waals surface area contributed by atoms with E-state index in [4.69, 9.17) is 10.5 Å². The van der Waals surface area contributed by atoms with Crippen molar-refractivity contribution in [1.82, 2.24) is 9.80 Å². The maximum atomic E-state index is 12.6. The summed E-state index contributed by atoms with van der Waals surface area (Å²) in [5.41, 5.74) is 5.65. The summed E-state index contributed by atoms with van der Waals surface area (Å²) < 4.78 is 5.60. The molecule has 2 heterocycles. The number of rotatable bonds is 5. The number of likely N-dealkylation sites (tertiary alicyclic amines) is 2. The molecule has 1 aromatic carbocycles. The van der Waals surface area contributed by atoms with E-state index >= 15 is 0 Å². The van der Waals surface area contributed by atoms with Crippen LogP contribution in [0.1, 0.15) is 36.0 Å². The van der Waals surface area contributed by atoms with Gasteiger partial charge >= 0.3 is 0 Å². The van der Waals surface area contributed by atoms with Crippen LogP contribution in [-0.4, -0.2) is 60.4 Å². The number of carbonyl (C=O) groups excluding carboxylic acids is 2. The molecular weight excluding hydrogens is 306 g/mol. The van der Waals surface area contributed by atoms with E-state index in [1.165, 1.54) is 6.42 Å². The molecule has 0 saturated carbocycles. The van der Waals surface area contributed by atoms with Crippen molar-refractivity contribution in [2.45, 2.75) is 37.8 Å². The number of benzene rings is 1. The third-order valence-corrected chi connectivity index (χ3v) is 5.12. The van der Waals surface area contributed by atoms with E-state index in [0.29, 0.717) is 23.4 Å². The summed E-state index contributed by atoms with van der Waals surface area (Å²) in [6.45, 7) is 1.91. The highest BCUT2D eigenvalue weighted by Crippen LogP contribution is 2.29. The van der Waals surface area contributed by atoms with Gasteiger partial charge in [0.2, 0.25) is 5.91 Å². The molecule has 2 N–H and O–H groups in total. The van der Waals surface area contributed by atoms with Gasteiger partial charge in [0.1, 0.15) is 5.75 Å². The van der Waals surface area contributed by atoms with E-state index in [2.05, 4.69) is 11.9 Å². The van der Waals surface area contributed by atoms with Crippen LogP contribution in [-0.2, 0) is 4.79 Å². The van der Waals surface area contributed by atoms with Crippen LogP contribution in [0.15, 0.2) is 24.3 Å². The molecule has 2 atom stereocenters. The third-order valence-electron chi connectivity index (χ3n) is 5.12. The Morgan fingerprint density at radius 3 is 2.67 bits per heavy atom. The van der Waals surface area contributed by atoms with E-state index in [0.717, 1.165) is 32.4 Å². The molecule has 0 spiro atoms. The Kier molecular flexibility index (Phi) is 5.04. The molecule has 130 valence electrons. The van der Waals surface area contributed by atoms with Crippen molar-refractivity contribution in [2.75, 3.05) is 26.7 Å². The minimum Gasteiger partial charge on any atom is -0.484 e. The molecule has 0 bridgehead atoms. The van der Waals surface area contributed by atoms with Crippen molar-refractivity contribution < 1.29 is 14.3 Å². The van der Waals surface area contributed by atoms with Crippen LogP contribution in [0, 0.1) is 0 Å². The smallest absolute Gasteiger partial charge is 0.260 e. The zero-order valence-corrected chi connectivity index (χ0v) is 14.1. The second kappa shape index (κ2) is 7.21. The SMILES string of the molecule is CN1CCC[C@@H]1[C@H]1CCCN1C(=O)COc1cccc(C(N)=O)c1. The molecule has 6 heteroatoms.